The second kappa shape index (κ2) is 20.8. The highest BCUT2D eigenvalue weighted by atomic mass is 16.5. The molecule has 0 aromatic rings. The molecule has 338 valence electrons. The molecule has 0 amide bonds. The van der Waals surface area contributed by atoms with Crippen molar-refractivity contribution in [2.24, 2.45) is 55.5 Å². The highest BCUT2D eigenvalue weighted by molar-refractivity contribution is 6.31. The normalized spacial score (nSPS) is 23.0. The summed E-state index contributed by atoms with van der Waals surface area (Å²) in [4.78, 5) is 61.8. The second-order valence-corrected chi connectivity index (χ2v) is 19.4. The molecule has 0 N–H and O–H groups in total. The molecule has 0 saturated carbocycles. The number of nitrogens with zero attached hydrogens (tertiary/aromatic N) is 4. The quantitative estimate of drug-likeness (QED) is 0.0728. The van der Waals surface area contributed by atoms with Crippen molar-refractivity contribution in [2.45, 2.75) is 153 Å². The van der Waals surface area contributed by atoms with Crippen LogP contribution in [-0.4, -0.2) is 54.3 Å². The van der Waals surface area contributed by atoms with Crippen molar-refractivity contribution in [1.82, 2.24) is 0 Å². The third kappa shape index (κ3) is 10.6. The van der Waals surface area contributed by atoms with Crippen LogP contribution >= 0.6 is 0 Å². The van der Waals surface area contributed by atoms with E-state index < -0.39 is 11.9 Å². The summed E-state index contributed by atoms with van der Waals surface area (Å²) in [5, 5.41) is 0. The first-order chi connectivity index (χ1) is 30.0. The Morgan fingerprint density at radius 3 is 2.05 bits per heavy atom. The number of methoxy groups -OCH3 is 1. The second-order valence-electron chi connectivity index (χ2n) is 19.4. The average molecular weight is 857 g/mol. The number of hydrogen-bond donors (Lipinski definition) is 0. The van der Waals surface area contributed by atoms with E-state index in [0.29, 0.717) is 40.3 Å². The Hall–Kier alpha value is -4.79. The predicted molar refractivity (Wildman–Crippen MR) is 257 cm³/mol. The van der Waals surface area contributed by atoms with Crippen LogP contribution in [0.15, 0.2) is 112 Å². The number of rotatable bonds is 19. The first kappa shape index (κ1) is 47.7. The summed E-state index contributed by atoms with van der Waals surface area (Å²) in [6.07, 6.45) is 20.7. The van der Waals surface area contributed by atoms with Gasteiger partial charge in [0.25, 0.3) is 0 Å². The molecule has 1 aliphatic carbocycles. The zero-order valence-electron chi connectivity index (χ0n) is 40.3. The Labute approximate surface area is 377 Å². The lowest BCUT2D eigenvalue weighted by Gasteiger charge is -2.21. The predicted octanol–water partition coefficient (Wildman–Crippen LogP) is 12.4. The Bertz CT molecular complexity index is 2280. The molecule has 5 aliphatic heterocycles. The number of ketones is 1. The number of fused-ring (bicyclic) bond motifs is 4. The van der Waals surface area contributed by atoms with Gasteiger partial charge in [-0.3, -0.25) is 19.4 Å². The smallest absolute Gasteiger partial charge is 0.321 e. The maximum atomic E-state index is 14.3. The van der Waals surface area contributed by atoms with E-state index in [-0.39, 0.29) is 36.6 Å². The van der Waals surface area contributed by atoms with Crippen LogP contribution < -0.4 is 0 Å². The van der Waals surface area contributed by atoms with Gasteiger partial charge in [-0.25, -0.2) is 15.0 Å². The van der Waals surface area contributed by atoms with Gasteiger partial charge in [0, 0.05) is 35.1 Å². The van der Waals surface area contributed by atoms with Crippen LogP contribution in [0.3, 0.4) is 0 Å². The average Bonchev–Trinajstić information content (AvgIpc) is 3.97. The summed E-state index contributed by atoms with van der Waals surface area (Å²) < 4.78 is 11.0. The largest absolute Gasteiger partial charge is 0.468 e. The van der Waals surface area contributed by atoms with E-state index in [1.165, 1.54) is 57.6 Å². The van der Waals surface area contributed by atoms with Gasteiger partial charge in [-0.05, 0) is 130 Å². The summed E-state index contributed by atoms with van der Waals surface area (Å²) in [7, 11) is 1.30. The number of ether oxygens (including phenoxy) is 2. The van der Waals surface area contributed by atoms with Crippen molar-refractivity contribution < 1.29 is 23.9 Å². The van der Waals surface area contributed by atoms with Crippen LogP contribution in [0.2, 0.25) is 0 Å². The first-order valence-corrected chi connectivity index (χ1v) is 23.8. The van der Waals surface area contributed by atoms with Crippen molar-refractivity contribution in [3.63, 3.8) is 0 Å². The van der Waals surface area contributed by atoms with Gasteiger partial charge in [-0.15, -0.1) is 0 Å². The molecule has 0 radical (unpaired) electrons. The maximum absolute atomic E-state index is 14.3. The van der Waals surface area contributed by atoms with Crippen molar-refractivity contribution in [2.75, 3.05) is 13.7 Å². The molecule has 0 spiro atoms. The third-order valence-electron chi connectivity index (χ3n) is 14.3. The topological polar surface area (TPSA) is 119 Å². The van der Waals surface area contributed by atoms with E-state index in [1.807, 2.05) is 25.2 Å². The number of carbonyl (C=O) groups is 3. The summed E-state index contributed by atoms with van der Waals surface area (Å²) >= 11 is 0. The van der Waals surface area contributed by atoms with Crippen molar-refractivity contribution in [3.8, 4) is 0 Å². The Morgan fingerprint density at radius 2 is 1.38 bits per heavy atom. The molecule has 63 heavy (non-hydrogen) atoms. The molecule has 6 rings (SSSR count). The molecule has 5 atom stereocenters. The number of allylic oxidation sites excluding steroid dienone is 11. The number of aliphatic imine (C=N–C) groups is 4. The number of esters is 2. The molecule has 5 heterocycles. The Morgan fingerprint density at radius 1 is 0.762 bits per heavy atom. The molecular weight excluding hydrogens is 785 g/mol. The number of hydrogen-bond acceptors (Lipinski definition) is 9. The lowest BCUT2D eigenvalue weighted by atomic mass is 9.81. The lowest BCUT2D eigenvalue weighted by molar-refractivity contribution is -0.146. The Balaban J connectivity index is 1.18. The fourth-order valence-electron chi connectivity index (χ4n) is 9.93. The van der Waals surface area contributed by atoms with Crippen LogP contribution in [0.25, 0.3) is 0 Å². The van der Waals surface area contributed by atoms with Gasteiger partial charge in [-0.1, -0.05) is 92.1 Å². The molecule has 0 aromatic heterocycles. The fraction of sp³-hybridized carbons (Fsp3) is 0.574. The minimum atomic E-state index is -1.21. The molecule has 0 fully saturated rings. The summed E-state index contributed by atoms with van der Waals surface area (Å²) in [6.45, 7) is 24.1. The van der Waals surface area contributed by atoms with Crippen LogP contribution in [0.4, 0.5) is 0 Å². The number of Topliss-reactive ketones (excluding diaryl/α,β-unsaturated/α-hetero) is 1. The monoisotopic (exact) mass is 857 g/mol. The minimum absolute atomic E-state index is 0.154. The van der Waals surface area contributed by atoms with E-state index in [0.717, 1.165) is 87.8 Å². The van der Waals surface area contributed by atoms with Gasteiger partial charge in [0.1, 0.15) is 12.5 Å². The summed E-state index contributed by atoms with van der Waals surface area (Å²) in [6, 6.07) is 0. The van der Waals surface area contributed by atoms with Gasteiger partial charge in [0.15, 0.2) is 5.78 Å². The number of carbonyl (C=O) groups excluding carboxylic acids is 3. The highest BCUT2D eigenvalue weighted by Crippen LogP contribution is 2.48. The molecule has 0 aromatic carbocycles. The van der Waals surface area contributed by atoms with Gasteiger partial charge >= 0.3 is 11.9 Å². The standard InChI is InChI=1S/C54H72N4O5/c1-13-39-36(9)43-27-41-34(7)35(8)42(55-41)28-44-37(10)40(51(57-44)49-50(54(61)62-12)53(60)48-38(11)45(58-52(48)49)29-46(39)56-43)23-24-47(59)63-26-25-33(6)22-16-21-32(5)20-15-19-31(4)18-14-17-30(2)3/h25,27-32,37,40,50H,13-24,26H2,1-12H3/t31-,32-,37+,40-,50-/m1/s1. The van der Waals surface area contributed by atoms with Crippen LogP contribution in [-0.2, 0) is 23.9 Å². The molecule has 6 aliphatic rings. The zero-order chi connectivity index (χ0) is 45.7. The minimum Gasteiger partial charge on any atom is -0.468 e. The first-order valence-electron chi connectivity index (χ1n) is 23.8. The van der Waals surface area contributed by atoms with E-state index in [2.05, 4.69) is 75.3 Å². The zero-order valence-corrected chi connectivity index (χ0v) is 40.3. The lowest BCUT2D eigenvalue weighted by Crippen LogP contribution is -2.30. The van der Waals surface area contributed by atoms with E-state index in [4.69, 9.17) is 29.4 Å². The fourth-order valence-corrected chi connectivity index (χ4v) is 9.93. The molecule has 0 saturated heterocycles. The summed E-state index contributed by atoms with van der Waals surface area (Å²) in [5.41, 5.74) is 12.9. The summed E-state index contributed by atoms with van der Waals surface area (Å²) in [5.74, 6) is -0.614. The molecule has 9 heteroatoms. The van der Waals surface area contributed by atoms with E-state index >= 15 is 0 Å². The van der Waals surface area contributed by atoms with Gasteiger partial charge < -0.3 is 9.47 Å². The maximum Gasteiger partial charge on any atom is 0.321 e. The van der Waals surface area contributed by atoms with E-state index in [1.54, 1.807) is 0 Å². The highest BCUT2D eigenvalue weighted by Gasteiger charge is 2.51. The van der Waals surface area contributed by atoms with Crippen molar-refractivity contribution in [3.05, 3.63) is 91.7 Å². The third-order valence-corrected chi connectivity index (χ3v) is 14.3. The van der Waals surface area contributed by atoms with Crippen molar-refractivity contribution in [1.29, 1.82) is 0 Å². The Kier molecular flexibility index (Phi) is 15.7. The SMILES string of the molecule is CCC1=C(C)C2=NC1=CC1=NC3=C(C4=NC(=CC5=NC(=C2)C(C)=C5C)[C@@H](C)[C@H]4CCC(=O)OCC=C(C)CCC[C@H](C)CCC[C@H](C)CCCC(C)C)[C@@H](C(=O)OC)C(=O)C3=C1C. The van der Waals surface area contributed by atoms with E-state index in [9.17, 15) is 14.4 Å². The van der Waals surface area contributed by atoms with Gasteiger partial charge in [0.2, 0.25) is 0 Å². The van der Waals surface area contributed by atoms with Gasteiger partial charge in [0.05, 0.1) is 47.0 Å². The van der Waals surface area contributed by atoms with Crippen LogP contribution in [0.5, 0.6) is 0 Å². The van der Waals surface area contributed by atoms with Crippen molar-refractivity contribution >= 4 is 40.6 Å². The molecule has 9 nitrogen and oxygen atoms in total. The van der Waals surface area contributed by atoms with Gasteiger partial charge in [-0.2, -0.15) is 0 Å². The molecule has 8 bridgehead atoms. The molecular formula is C54H72N4O5. The molecule has 0 unspecified atom stereocenters. The van der Waals surface area contributed by atoms with Crippen LogP contribution in [0.1, 0.15) is 153 Å². The van der Waals surface area contributed by atoms with Crippen LogP contribution in [0, 0.1) is 35.5 Å².